The first-order valence-electron chi connectivity index (χ1n) is 5.00. The fraction of sp³-hybridized carbons (Fsp3) is 0.462. The maximum atomic E-state index is 4.29. The molecule has 0 spiro atoms. The summed E-state index contributed by atoms with van der Waals surface area (Å²) in [6.07, 6.45) is 0. The zero-order valence-electron chi connectivity index (χ0n) is 9.76. The van der Waals surface area contributed by atoms with Crippen molar-refractivity contribution in [1.29, 1.82) is 0 Å². The van der Waals surface area contributed by atoms with Crippen molar-refractivity contribution in [2.75, 3.05) is 7.05 Å². The van der Waals surface area contributed by atoms with Gasteiger partial charge in [-0.15, -0.1) is 0 Å². The van der Waals surface area contributed by atoms with Crippen molar-refractivity contribution in [2.24, 2.45) is 4.99 Å². The molecule has 1 heteroatoms. The molecule has 14 heavy (non-hydrogen) atoms. The molecule has 0 unspecified atom stereocenters. The Morgan fingerprint density at radius 2 is 1.79 bits per heavy atom. The van der Waals surface area contributed by atoms with Crippen LogP contribution in [-0.4, -0.2) is 12.8 Å². The predicted octanol–water partition coefficient (Wildman–Crippen LogP) is 3.36. The zero-order chi connectivity index (χ0) is 10.8. The summed E-state index contributed by atoms with van der Waals surface area (Å²) in [4.78, 5) is 4.29. The first kappa shape index (κ1) is 11.0. The van der Waals surface area contributed by atoms with Crippen LogP contribution in [0.3, 0.4) is 0 Å². The molecule has 0 amide bonds. The fourth-order valence-corrected chi connectivity index (χ4v) is 1.75. The third kappa shape index (κ3) is 1.87. The van der Waals surface area contributed by atoms with Gasteiger partial charge in [0.1, 0.15) is 0 Å². The van der Waals surface area contributed by atoms with Crippen LogP contribution in [0.1, 0.15) is 31.9 Å². The molecular formula is C13H19N. The average Bonchev–Trinajstić information content (AvgIpc) is 2.17. The second-order valence-corrected chi connectivity index (χ2v) is 4.25. The standard InChI is InChI=1S/C13H19N/c1-10-8-6-7-9-12(10)13(3,4)11(2)14-5/h6-9H,1-5H3. The van der Waals surface area contributed by atoms with E-state index in [2.05, 4.69) is 57.0 Å². The molecule has 0 atom stereocenters. The molecule has 76 valence electrons. The van der Waals surface area contributed by atoms with Crippen molar-refractivity contribution in [2.45, 2.75) is 33.1 Å². The quantitative estimate of drug-likeness (QED) is 0.633. The van der Waals surface area contributed by atoms with Crippen LogP contribution in [0, 0.1) is 6.92 Å². The number of rotatable bonds is 2. The lowest BCUT2D eigenvalue weighted by molar-refractivity contribution is 0.706. The minimum atomic E-state index is 0.0418. The van der Waals surface area contributed by atoms with E-state index in [0.29, 0.717) is 0 Å². The maximum absolute atomic E-state index is 4.29. The Hall–Kier alpha value is -1.11. The monoisotopic (exact) mass is 189 g/mol. The Kier molecular flexibility index (Phi) is 3.10. The summed E-state index contributed by atoms with van der Waals surface area (Å²) in [5.41, 5.74) is 3.91. The van der Waals surface area contributed by atoms with Gasteiger partial charge in [-0.25, -0.2) is 0 Å². The Balaban J connectivity index is 3.23. The van der Waals surface area contributed by atoms with Gasteiger partial charge in [0.2, 0.25) is 0 Å². The summed E-state index contributed by atoms with van der Waals surface area (Å²) in [6, 6.07) is 8.50. The second-order valence-electron chi connectivity index (χ2n) is 4.25. The number of aliphatic imine (C=N–C) groups is 1. The van der Waals surface area contributed by atoms with Crippen LogP contribution >= 0.6 is 0 Å². The molecule has 0 aromatic heterocycles. The molecule has 1 aromatic rings. The molecule has 1 rings (SSSR count). The topological polar surface area (TPSA) is 12.4 Å². The van der Waals surface area contributed by atoms with Crippen LogP contribution in [0.5, 0.6) is 0 Å². The molecule has 0 N–H and O–H groups in total. The number of benzene rings is 1. The highest BCUT2D eigenvalue weighted by Gasteiger charge is 2.24. The van der Waals surface area contributed by atoms with E-state index in [1.54, 1.807) is 0 Å². The smallest absolute Gasteiger partial charge is 0.0276 e. The lowest BCUT2D eigenvalue weighted by Gasteiger charge is -2.26. The van der Waals surface area contributed by atoms with Gasteiger partial charge in [0.15, 0.2) is 0 Å². The lowest BCUT2D eigenvalue weighted by atomic mass is 9.78. The van der Waals surface area contributed by atoms with E-state index in [1.807, 2.05) is 7.05 Å². The molecule has 0 fully saturated rings. The van der Waals surface area contributed by atoms with E-state index >= 15 is 0 Å². The van der Waals surface area contributed by atoms with Crippen molar-refractivity contribution < 1.29 is 0 Å². The molecule has 0 heterocycles. The Bertz CT molecular complexity index is 348. The van der Waals surface area contributed by atoms with E-state index < -0.39 is 0 Å². The van der Waals surface area contributed by atoms with Gasteiger partial charge in [0.05, 0.1) is 0 Å². The molecule has 1 aromatic carbocycles. The Labute approximate surface area is 86.9 Å². The SMILES string of the molecule is CN=C(C)C(C)(C)c1ccccc1C. The van der Waals surface area contributed by atoms with Gasteiger partial charge in [0.25, 0.3) is 0 Å². The van der Waals surface area contributed by atoms with Crippen molar-refractivity contribution in [3.05, 3.63) is 35.4 Å². The average molecular weight is 189 g/mol. The third-order valence-corrected chi connectivity index (χ3v) is 3.06. The van der Waals surface area contributed by atoms with Gasteiger partial charge in [0, 0.05) is 18.2 Å². The molecule has 0 radical (unpaired) electrons. The van der Waals surface area contributed by atoms with Gasteiger partial charge in [-0.2, -0.15) is 0 Å². The van der Waals surface area contributed by atoms with E-state index in [-0.39, 0.29) is 5.41 Å². The van der Waals surface area contributed by atoms with Crippen molar-refractivity contribution >= 4 is 5.71 Å². The minimum Gasteiger partial charge on any atom is -0.297 e. The fourth-order valence-electron chi connectivity index (χ4n) is 1.75. The molecule has 0 saturated heterocycles. The maximum Gasteiger partial charge on any atom is 0.0276 e. The van der Waals surface area contributed by atoms with E-state index in [1.165, 1.54) is 16.8 Å². The van der Waals surface area contributed by atoms with Crippen molar-refractivity contribution in [3.8, 4) is 0 Å². The largest absolute Gasteiger partial charge is 0.297 e. The lowest BCUT2D eigenvalue weighted by Crippen LogP contribution is -2.27. The van der Waals surface area contributed by atoms with Crippen LogP contribution in [-0.2, 0) is 5.41 Å². The van der Waals surface area contributed by atoms with Gasteiger partial charge in [-0.3, -0.25) is 4.99 Å². The Morgan fingerprint density at radius 3 is 2.29 bits per heavy atom. The number of aryl methyl sites for hydroxylation is 1. The van der Waals surface area contributed by atoms with E-state index in [0.717, 1.165) is 0 Å². The second kappa shape index (κ2) is 3.95. The highest BCUT2D eigenvalue weighted by molar-refractivity contribution is 5.92. The number of hydrogen-bond donors (Lipinski definition) is 0. The molecule has 0 saturated carbocycles. The highest BCUT2D eigenvalue weighted by Crippen LogP contribution is 2.27. The number of nitrogens with zero attached hydrogens (tertiary/aromatic N) is 1. The first-order chi connectivity index (χ1) is 6.50. The third-order valence-electron chi connectivity index (χ3n) is 3.06. The normalized spacial score (nSPS) is 13.1. The zero-order valence-corrected chi connectivity index (χ0v) is 9.76. The highest BCUT2D eigenvalue weighted by atomic mass is 14.7. The molecule has 0 bridgehead atoms. The summed E-state index contributed by atoms with van der Waals surface area (Å²) in [7, 11) is 1.86. The van der Waals surface area contributed by atoms with Crippen LogP contribution in [0.2, 0.25) is 0 Å². The van der Waals surface area contributed by atoms with Crippen LogP contribution < -0.4 is 0 Å². The van der Waals surface area contributed by atoms with Crippen LogP contribution in [0.25, 0.3) is 0 Å². The Morgan fingerprint density at radius 1 is 1.21 bits per heavy atom. The summed E-state index contributed by atoms with van der Waals surface area (Å²) < 4.78 is 0. The van der Waals surface area contributed by atoms with Gasteiger partial charge >= 0.3 is 0 Å². The van der Waals surface area contributed by atoms with Crippen LogP contribution in [0.4, 0.5) is 0 Å². The molecule has 1 nitrogen and oxygen atoms in total. The molecule has 0 aliphatic rings. The number of hydrogen-bond acceptors (Lipinski definition) is 1. The summed E-state index contributed by atoms with van der Waals surface area (Å²) in [5, 5.41) is 0. The van der Waals surface area contributed by atoms with Crippen molar-refractivity contribution in [1.82, 2.24) is 0 Å². The first-order valence-corrected chi connectivity index (χ1v) is 5.00. The van der Waals surface area contributed by atoms with Gasteiger partial charge in [-0.05, 0) is 25.0 Å². The summed E-state index contributed by atoms with van der Waals surface area (Å²) in [6.45, 7) is 8.68. The summed E-state index contributed by atoms with van der Waals surface area (Å²) >= 11 is 0. The van der Waals surface area contributed by atoms with Gasteiger partial charge in [-0.1, -0.05) is 38.1 Å². The molecular weight excluding hydrogens is 170 g/mol. The van der Waals surface area contributed by atoms with Gasteiger partial charge < -0.3 is 0 Å². The van der Waals surface area contributed by atoms with Crippen molar-refractivity contribution in [3.63, 3.8) is 0 Å². The van der Waals surface area contributed by atoms with E-state index in [4.69, 9.17) is 0 Å². The summed E-state index contributed by atoms with van der Waals surface area (Å²) in [5.74, 6) is 0. The molecule has 0 aliphatic heterocycles. The predicted molar refractivity (Wildman–Crippen MR) is 63.2 cm³/mol. The molecule has 0 aliphatic carbocycles. The van der Waals surface area contributed by atoms with Crippen LogP contribution in [0.15, 0.2) is 29.3 Å². The van der Waals surface area contributed by atoms with E-state index in [9.17, 15) is 0 Å². The minimum absolute atomic E-state index is 0.0418.